The van der Waals surface area contributed by atoms with Crippen LogP contribution in [-0.4, -0.2) is 0 Å². The number of thiazole rings is 1. The molecule has 2 heteroatoms. The van der Waals surface area contributed by atoms with Crippen LogP contribution in [0.3, 0.4) is 0 Å². The summed E-state index contributed by atoms with van der Waals surface area (Å²) in [6.07, 6.45) is 5.38. The van der Waals surface area contributed by atoms with E-state index in [1.54, 1.807) is 0 Å². The van der Waals surface area contributed by atoms with Gasteiger partial charge >= 0.3 is 0 Å². The number of hydrogen-bond acceptors (Lipinski definition) is 1. The maximum atomic E-state index is 5.38. The van der Waals surface area contributed by atoms with Crippen molar-refractivity contribution < 1.29 is 4.57 Å². The fourth-order valence-electron chi connectivity index (χ4n) is 1.68. The van der Waals surface area contributed by atoms with E-state index in [0.717, 1.165) is 12.1 Å². The molecule has 1 aromatic carbocycles. The number of fused-ring (bicyclic) bond motifs is 1. The van der Waals surface area contributed by atoms with Crippen molar-refractivity contribution in [3.05, 3.63) is 28.8 Å². The molecule has 0 aliphatic heterocycles. The van der Waals surface area contributed by atoms with Gasteiger partial charge in [0.15, 0.2) is 0 Å². The first-order valence-electron chi connectivity index (χ1n) is 4.66. The van der Waals surface area contributed by atoms with E-state index in [9.17, 15) is 0 Å². The van der Waals surface area contributed by atoms with Crippen LogP contribution >= 0.6 is 11.3 Å². The minimum Gasteiger partial charge on any atom is -0.186 e. The summed E-state index contributed by atoms with van der Waals surface area (Å²) in [6, 6.07) is 6.19. The fraction of sp³-hybridized carbons (Fsp3) is 0.250. The van der Waals surface area contributed by atoms with Crippen LogP contribution in [0.15, 0.2) is 18.2 Å². The topological polar surface area (TPSA) is 3.88 Å². The largest absolute Gasteiger partial charge is 0.235 e. The molecule has 0 aliphatic carbocycles. The zero-order valence-corrected chi connectivity index (χ0v) is 9.19. The highest BCUT2D eigenvalue weighted by Gasteiger charge is 2.14. The van der Waals surface area contributed by atoms with Gasteiger partial charge in [-0.1, -0.05) is 17.3 Å². The molecule has 0 saturated carbocycles. The van der Waals surface area contributed by atoms with Crippen molar-refractivity contribution in [2.24, 2.45) is 0 Å². The predicted octanol–water partition coefficient (Wildman–Crippen LogP) is 2.50. The van der Waals surface area contributed by atoms with E-state index in [0.29, 0.717) is 0 Å². The predicted molar refractivity (Wildman–Crippen MR) is 60.4 cm³/mol. The molecule has 0 amide bonds. The lowest BCUT2D eigenvalue weighted by Gasteiger charge is -1.91. The summed E-state index contributed by atoms with van der Waals surface area (Å²) in [5.41, 5.74) is 2.21. The van der Waals surface area contributed by atoms with Crippen molar-refractivity contribution >= 4 is 21.6 Å². The van der Waals surface area contributed by atoms with Gasteiger partial charge in [-0.25, -0.2) is 0 Å². The average Bonchev–Trinajstić information content (AvgIpc) is 2.52. The quantitative estimate of drug-likeness (QED) is 0.494. The molecular weight excluding hydrogens is 190 g/mol. The lowest BCUT2D eigenvalue weighted by molar-refractivity contribution is -0.669. The Hall–Kier alpha value is -1.33. The van der Waals surface area contributed by atoms with Gasteiger partial charge in [0.2, 0.25) is 10.5 Å². The van der Waals surface area contributed by atoms with Crippen LogP contribution < -0.4 is 4.57 Å². The van der Waals surface area contributed by atoms with Gasteiger partial charge in [-0.05, 0) is 19.1 Å². The van der Waals surface area contributed by atoms with Gasteiger partial charge in [0, 0.05) is 18.6 Å². The molecule has 2 rings (SSSR count). The molecule has 14 heavy (non-hydrogen) atoms. The van der Waals surface area contributed by atoms with Gasteiger partial charge in [-0.2, -0.15) is 4.57 Å². The maximum Gasteiger partial charge on any atom is 0.235 e. The maximum absolute atomic E-state index is 5.38. The third-order valence-electron chi connectivity index (χ3n) is 2.37. The smallest absolute Gasteiger partial charge is 0.186 e. The third-order valence-corrected chi connectivity index (χ3v) is 3.45. The van der Waals surface area contributed by atoms with Gasteiger partial charge in [0.25, 0.3) is 0 Å². The Morgan fingerprint density at radius 1 is 1.50 bits per heavy atom. The number of hydrogen-bond donors (Lipinski definition) is 0. The van der Waals surface area contributed by atoms with E-state index in [-0.39, 0.29) is 0 Å². The van der Waals surface area contributed by atoms with Gasteiger partial charge in [0.05, 0.1) is 0 Å². The van der Waals surface area contributed by atoms with Crippen molar-refractivity contribution in [3.8, 4) is 12.3 Å². The summed E-state index contributed by atoms with van der Waals surface area (Å²) < 4.78 is 3.60. The molecule has 0 unspecified atom stereocenters. The lowest BCUT2D eigenvalue weighted by Crippen LogP contribution is -2.33. The number of benzene rings is 1. The Labute approximate surface area is 88.0 Å². The molecule has 0 spiro atoms. The van der Waals surface area contributed by atoms with E-state index in [4.69, 9.17) is 6.42 Å². The van der Waals surface area contributed by atoms with Gasteiger partial charge in [-0.15, -0.1) is 6.42 Å². The molecule has 1 heterocycles. The minimum atomic E-state index is 0.956. The number of terminal acetylenes is 1. The molecule has 0 bridgehead atoms. The Morgan fingerprint density at radius 3 is 2.93 bits per heavy atom. The van der Waals surface area contributed by atoms with Crippen molar-refractivity contribution in [1.82, 2.24) is 0 Å². The molecule has 0 radical (unpaired) electrons. The first kappa shape index (κ1) is 9.23. The van der Waals surface area contributed by atoms with Gasteiger partial charge in [0.1, 0.15) is 11.2 Å². The second kappa shape index (κ2) is 3.43. The Kier molecular flexibility index (Phi) is 2.26. The number of aryl methyl sites for hydroxylation is 2. The van der Waals surface area contributed by atoms with Gasteiger partial charge in [-0.3, -0.25) is 0 Å². The highest BCUT2D eigenvalue weighted by molar-refractivity contribution is 7.18. The molecule has 0 N–H and O–H groups in total. The van der Waals surface area contributed by atoms with Crippen molar-refractivity contribution in [3.63, 3.8) is 0 Å². The molecule has 1 nitrogen and oxygen atoms in total. The van der Waals surface area contributed by atoms with Crippen LogP contribution in [0, 0.1) is 19.3 Å². The van der Waals surface area contributed by atoms with E-state index in [1.807, 2.05) is 17.4 Å². The number of nitrogens with zero attached hydrogens (tertiary/aromatic N) is 1. The summed E-state index contributed by atoms with van der Waals surface area (Å²) in [6.45, 7) is 5.30. The van der Waals surface area contributed by atoms with E-state index in [1.165, 1.54) is 15.2 Å². The fourth-order valence-corrected chi connectivity index (χ4v) is 2.75. The average molecular weight is 202 g/mol. The highest BCUT2D eigenvalue weighted by Crippen LogP contribution is 2.20. The Morgan fingerprint density at radius 2 is 2.29 bits per heavy atom. The van der Waals surface area contributed by atoms with Crippen LogP contribution in [0.2, 0.25) is 0 Å². The zero-order valence-electron chi connectivity index (χ0n) is 8.37. The summed E-state index contributed by atoms with van der Waals surface area (Å²) >= 11 is 1.82. The number of rotatable bonds is 1. The number of aromatic nitrogens is 1. The molecule has 0 saturated heterocycles. The van der Waals surface area contributed by atoms with Crippen molar-refractivity contribution in [1.29, 1.82) is 0 Å². The minimum absolute atomic E-state index is 0.956. The second-order valence-electron chi connectivity index (χ2n) is 3.19. The van der Waals surface area contributed by atoms with Crippen molar-refractivity contribution in [2.45, 2.75) is 20.4 Å². The first-order valence-corrected chi connectivity index (χ1v) is 5.47. The second-order valence-corrected chi connectivity index (χ2v) is 4.43. The van der Waals surface area contributed by atoms with E-state index >= 15 is 0 Å². The van der Waals surface area contributed by atoms with Crippen LogP contribution in [0.25, 0.3) is 10.2 Å². The standard InChI is InChI=1S/C12H12NS/c1-4-10-6-7-12-11(8-10)13(5-2)9(3)14-12/h1,6-8H,5H2,2-3H3/q+1. The van der Waals surface area contributed by atoms with Gasteiger partial charge < -0.3 is 0 Å². The van der Waals surface area contributed by atoms with E-state index < -0.39 is 0 Å². The molecule has 2 aromatic rings. The van der Waals surface area contributed by atoms with E-state index in [2.05, 4.69) is 36.5 Å². The molecule has 70 valence electrons. The first-order chi connectivity index (χ1) is 6.76. The normalized spacial score (nSPS) is 10.4. The summed E-state index contributed by atoms with van der Waals surface area (Å²) in [7, 11) is 0. The SMILES string of the molecule is C#Cc1ccc2sc(C)[n+](CC)c2c1. The van der Waals surface area contributed by atoms with Crippen LogP contribution in [0.5, 0.6) is 0 Å². The summed E-state index contributed by atoms with van der Waals surface area (Å²) in [5, 5.41) is 1.33. The molecule has 0 fully saturated rings. The third kappa shape index (κ3) is 1.30. The Balaban J connectivity index is 2.79. The molecule has 0 atom stereocenters. The zero-order chi connectivity index (χ0) is 10.1. The molecular formula is C12H12NS+. The van der Waals surface area contributed by atoms with Crippen molar-refractivity contribution in [2.75, 3.05) is 0 Å². The molecule has 0 aliphatic rings. The van der Waals surface area contributed by atoms with Crippen LogP contribution in [-0.2, 0) is 6.54 Å². The summed E-state index contributed by atoms with van der Waals surface area (Å²) in [5.74, 6) is 2.67. The van der Waals surface area contributed by atoms with Crippen LogP contribution in [0.1, 0.15) is 17.5 Å². The monoisotopic (exact) mass is 202 g/mol. The lowest BCUT2D eigenvalue weighted by atomic mass is 10.2. The Bertz CT molecular complexity index is 517. The summed E-state index contributed by atoms with van der Waals surface area (Å²) in [4.78, 5) is 0. The highest BCUT2D eigenvalue weighted by atomic mass is 32.1. The van der Waals surface area contributed by atoms with Crippen LogP contribution in [0.4, 0.5) is 0 Å². The molecule has 1 aromatic heterocycles.